The summed E-state index contributed by atoms with van der Waals surface area (Å²) in [5, 5.41) is 2.85. The number of ether oxygens (including phenoxy) is 4. The topological polar surface area (TPSA) is 149 Å². The normalized spacial score (nSPS) is 16.1. The summed E-state index contributed by atoms with van der Waals surface area (Å²) in [4.78, 5) is 30.5. The van der Waals surface area contributed by atoms with E-state index in [2.05, 4.69) is 14.7 Å². The molecule has 1 N–H and O–H groups in total. The number of unbranched alkanes of at least 4 members (excludes halogenated alkanes) is 2. The molecule has 0 bridgehead atoms. The molecule has 0 radical (unpaired) electrons. The molecule has 0 spiro atoms. The Kier molecular flexibility index (Phi) is 14.4. The number of aromatic nitrogens is 2. The number of carbonyl (C=O) groups is 2. The highest BCUT2D eigenvalue weighted by molar-refractivity contribution is 7.93. The average molecular weight is 812 g/mol. The fourth-order valence-corrected chi connectivity index (χ4v) is 8.76. The lowest BCUT2D eigenvalue weighted by molar-refractivity contribution is 0.0490. The maximum absolute atomic E-state index is 16.1. The second kappa shape index (κ2) is 18.2. The Morgan fingerprint density at radius 2 is 1.72 bits per heavy atom. The van der Waals surface area contributed by atoms with Crippen molar-refractivity contribution in [2.45, 2.75) is 115 Å². The zero-order valence-electron chi connectivity index (χ0n) is 32.1. The third-order valence-corrected chi connectivity index (χ3v) is 11.5. The lowest BCUT2D eigenvalue weighted by Gasteiger charge is -2.29. The summed E-state index contributed by atoms with van der Waals surface area (Å²) in [5.74, 6) is 0.0346. The largest absolute Gasteiger partial charge is 0.497 e. The Morgan fingerprint density at radius 1 is 1.00 bits per heavy atom. The number of carbonyl (C=O) groups excluding carboxylic acids is 2. The Bertz CT molecular complexity index is 1850. The van der Waals surface area contributed by atoms with Gasteiger partial charge < -0.3 is 24.3 Å². The van der Waals surface area contributed by atoms with Gasteiger partial charge in [0.15, 0.2) is 0 Å². The van der Waals surface area contributed by atoms with Crippen LogP contribution in [0.25, 0.3) is 0 Å². The second-order valence-electron chi connectivity index (χ2n) is 15.1. The number of nitrogens with zero attached hydrogens (tertiary/aromatic N) is 4. The summed E-state index contributed by atoms with van der Waals surface area (Å²) in [6.45, 7) is 10.5. The van der Waals surface area contributed by atoms with Crippen molar-refractivity contribution in [1.29, 1.82) is 0 Å². The van der Waals surface area contributed by atoms with E-state index in [1.165, 1.54) is 25.4 Å². The number of hydrogen-bond donors (Lipinski definition) is 1. The molecule has 0 saturated heterocycles. The predicted molar refractivity (Wildman–Crippen MR) is 207 cm³/mol. The van der Waals surface area contributed by atoms with Crippen molar-refractivity contribution in [1.82, 2.24) is 14.7 Å². The van der Waals surface area contributed by atoms with Gasteiger partial charge in [0.05, 0.1) is 31.5 Å². The molecule has 0 aliphatic heterocycles. The lowest BCUT2D eigenvalue weighted by atomic mass is 9.96. The average Bonchev–Trinajstić information content (AvgIpc) is 3.77. The van der Waals surface area contributed by atoms with Crippen molar-refractivity contribution in [2.75, 3.05) is 30.0 Å². The van der Waals surface area contributed by atoms with Crippen LogP contribution in [-0.2, 0) is 26.0 Å². The number of sulfonamides is 1. The molecular weight excluding hydrogens is 761 g/mol. The van der Waals surface area contributed by atoms with Crippen molar-refractivity contribution < 1.29 is 41.3 Å². The molecule has 1 fully saturated rings. The molecule has 2 aromatic carbocycles. The van der Waals surface area contributed by atoms with Crippen LogP contribution in [0.15, 0.2) is 41.6 Å². The Morgan fingerprint density at radius 3 is 2.35 bits per heavy atom. The smallest absolute Gasteiger partial charge is 0.414 e. The maximum atomic E-state index is 16.1. The first-order valence-corrected chi connectivity index (χ1v) is 20.4. The fraction of sp³-hybridized carbons (Fsp3) is 0.568. The van der Waals surface area contributed by atoms with Crippen LogP contribution < -0.4 is 24.0 Å². The number of alkyl carbamates (subject to hydrolysis) is 1. The molecule has 1 aliphatic carbocycles. The van der Waals surface area contributed by atoms with Crippen LogP contribution in [0.2, 0.25) is 5.02 Å². The quantitative estimate of drug-likeness (QED) is 0.148. The van der Waals surface area contributed by atoms with E-state index in [1.54, 1.807) is 39.0 Å². The van der Waals surface area contributed by atoms with Crippen molar-refractivity contribution in [3.8, 4) is 11.5 Å². The van der Waals surface area contributed by atoms with Crippen LogP contribution in [0.5, 0.6) is 11.5 Å². The molecule has 2 amide bonds. The Labute approximate surface area is 326 Å². The number of hydrogen-bond acceptors (Lipinski definition) is 11. The monoisotopic (exact) mass is 811 g/mol. The molecule has 2 atom stereocenters. The van der Waals surface area contributed by atoms with E-state index in [-0.39, 0.29) is 35.0 Å². The molecule has 1 saturated carbocycles. The fourth-order valence-electron chi connectivity index (χ4n) is 6.22. The van der Waals surface area contributed by atoms with E-state index in [1.807, 2.05) is 20.8 Å². The maximum Gasteiger partial charge on any atom is 0.414 e. The van der Waals surface area contributed by atoms with E-state index < -0.39 is 44.1 Å². The van der Waals surface area contributed by atoms with E-state index in [4.69, 9.17) is 30.5 Å². The number of nitrogens with one attached hydrogen (secondary N) is 1. The Balaban J connectivity index is 1.53. The summed E-state index contributed by atoms with van der Waals surface area (Å²) in [6, 6.07) is 6.87. The van der Waals surface area contributed by atoms with Gasteiger partial charge in [-0.1, -0.05) is 30.9 Å². The molecule has 17 heteroatoms. The molecule has 1 aliphatic rings. The number of halogens is 2. The Hall–Kier alpha value is -3.89. The zero-order chi connectivity index (χ0) is 39.8. The van der Waals surface area contributed by atoms with Gasteiger partial charge in [-0.2, -0.15) is 4.37 Å². The van der Waals surface area contributed by atoms with Crippen LogP contribution in [0.3, 0.4) is 0 Å². The molecule has 54 heavy (non-hydrogen) atoms. The van der Waals surface area contributed by atoms with Crippen LogP contribution in [-0.4, -0.2) is 68.0 Å². The summed E-state index contributed by atoms with van der Waals surface area (Å²) in [6.07, 6.45) is 5.91. The van der Waals surface area contributed by atoms with Gasteiger partial charge in [-0.25, -0.2) is 31.7 Å². The minimum absolute atomic E-state index is 0.00704. The molecule has 0 unspecified atom stereocenters. The first kappa shape index (κ1) is 42.8. The summed E-state index contributed by atoms with van der Waals surface area (Å²) in [7, 11) is -1.70. The van der Waals surface area contributed by atoms with E-state index >= 15 is 4.39 Å². The third kappa shape index (κ3) is 11.6. The van der Waals surface area contributed by atoms with Gasteiger partial charge >= 0.3 is 12.2 Å². The minimum atomic E-state index is -4.64. The molecule has 1 heterocycles. The lowest BCUT2D eigenvalue weighted by Crippen LogP contribution is -2.40. The van der Waals surface area contributed by atoms with Crippen LogP contribution in [0.4, 0.5) is 24.8 Å². The standard InChI is InChI=1S/C37H51ClFN5O8S2/c1-36(2,3)51-34(45)42-29-15-12-14-24(29)13-10-9-11-18-43(35(46)52-37(4,5)6)30-21-28(39)32(20-27(30)38)54(47,48)44(33-40-23-41-53-33)22-25-16-17-26(49-7)19-31(25)50-8/h16-17,19-21,23-24,29H,9-15,18,22H2,1-8H3,(H,42,45)/t24-,29-/m1/s1. The van der Waals surface area contributed by atoms with Crippen LogP contribution in [0, 0.1) is 11.7 Å². The van der Waals surface area contributed by atoms with E-state index in [0.717, 1.165) is 66.5 Å². The van der Waals surface area contributed by atoms with Gasteiger partial charge in [0.25, 0.3) is 10.0 Å². The molecule has 3 aromatic rings. The highest BCUT2D eigenvalue weighted by Crippen LogP contribution is 2.37. The molecule has 1 aromatic heterocycles. The van der Waals surface area contributed by atoms with E-state index in [9.17, 15) is 18.0 Å². The van der Waals surface area contributed by atoms with Crippen molar-refractivity contribution in [3.63, 3.8) is 0 Å². The zero-order valence-corrected chi connectivity index (χ0v) is 34.5. The number of amides is 2. The highest BCUT2D eigenvalue weighted by Gasteiger charge is 2.34. The second-order valence-corrected chi connectivity index (χ2v) is 18.1. The van der Waals surface area contributed by atoms with Crippen LogP contribution >= 0.6 is 23.1 Å². The summed E-state index contributed by atoms with van der Waals surface area (Å²) >= 11 is 7.53. The number of methoxy groups -OCH3 is 2. The van der Waals surface area contributed by atoms with Gasteiger partial charge in [0, 0.05) is 41.8 Å². The summed E-state index contributed by atoms with van der Waals surface area (Å²) < 4.78 is 71.3. The van der Waals surface area contributed by atoms with Crippen molar-refractivity contribution in [3.05, 3.63) is 53.1 Å². The van der Waals surface area contributed by atoms with Crippen molar-refractivity contribution in [2.24, 2.45) is 5.92 Å². The number of rotatable bonds is 15. The molecule has 298 valence electrons. The van der Waals surface area contributed by atoms with Gasteiger partial charge in [-0.05, 0) is 91.3 Å². The summed E-state index contributed by atoms with van der Waals surface area (Å²) in [5.41, 5.74) is -1.02. The van der Waals surface area contributed by atoms with Gasteiger partial charge in [0.2, 0.25) is 5.13 Å². The van der Waals surface area contributed by atoms with Gasteiger partial charge in [0.1, 0.15) is 39.7 Å². The SMILES string of the molecule is COc1ccc(CN(c2ncns2)S(=O)(=O)c2cc(Cl)c(N(CCCCC[C@@H]3CCC[C@H]3NC(=O)OC(C)(C)C)C(=O)OC(C)(C)C)cc2F)c(OC)c1. The van der Waals surface area contributed by atoms with Gasteiger partial charge in [-0.15, -0.1) is 0 Å². The number of benzene rings is 2. The van der Waals surface area contributed by atoms with Gasteiger partial charge in [-0.3, -0.25) is 4.90 Å². The van der Waals surface area contributed by atoms with Crippen molar-refractivity contribution >= 4 is 56.2 Å². The van der Waals surface area contributed by atoms with Crippen LogP contribution in [0.1, 0.15) is 92.1 Å². The number of anilines is 2. The molecule has 13 nitrogen and oxygen atoms in total. The predicted octanol–water partition coefficient (Wildman–Crippen LogP) is 8.74. The molecular formula is C37H51ClFN5O8S2. The molecule has 4 rings (SSSR count). The first-order chi connectivity index (χ1) is 25.3. The minimum Gasteiger partial charge on any atom is -0.497 e. The van der Waals surface area contributed by atoms with E-state index in [0.29, 0.717) is 29.4 Å². The third-order valence-electron chi connectivity index (χ3n) is 8.66. The highest BCUT2D eigenvalue weighted by atomic mass is 35.5. The first-order valence-electron chi connectivity index (χ1n) is 17.8.